The number of halogens is 2. The highest BCUT2D eigenvalue weighted by Crippen LogP contribution is 2.34. The van der Waals surface area contributed by atoms with E-state index < -0.39 is 11.9 Å². The van der Waals surface area contributed by atoms with Gasteiger partial charge in [0, 0.05) is 31.2 Å². The Kier molecular flexibility index (Phi) is 5.01. The summed E-state index contributed by atoms with van der Waals surface area (Å²) in [6.07, 6.45) is 0. The largest absolute Gasteiger partial charge is 0.481 e. The van der Waals surface area contributed by atoms with Crippen molar-refractivity contribution in [3.63, 3.8) is 0 Å². The lowest BCUT2D eigenvalue weighted by atomic mass is 9.98. The van der Waals surface area contributed by atoms with E-state index in [1.165, 1.54) is 9.13 Å². The number of rotatable bonds is 4. The first-order chi connectivity index (χ1) is 11.4. The zero-order chi connectivity index (χ0) is 17.4. The molecule has 1 heterocycles. The highest BCUT2D eigenvalue weighted by molar-refractivity contribution is 14.1. The molecule has 0 bridgehead atoms. The molecule has 0 aliphatic heterocycles. The third-order valence-electron chi connectivity index (χ3n) is 4.39. The van der Waals surface area contributed by atoms with E-state index in [4.69, 9.17) is 0 Å². The molecule has 0 aliphatic rings. The molecule has 0 aliphatic carbocycles. The molecule has 1 unspecified atom stereocenters. The lowest BCUT2D eigenvalue weighted by Crippen LogP contribution is -2.09. The van der Waals surface area contributed by atoms with Crippen LogP contribution in [-0.2, 0) is 11.3 Å². The van der Waals surface area contributed by atoms with Crippen LogP contribution < -0.4 is 0 Å². The number of benzene rings is 2. The topological polar surface area (TPSA) is 42.2 Å². The monoisotopic (exact) mass is 497 g/mol. The fourth-order valence-electron chi connectivity index (χ4n) is 3.13. The molecular weight excluding hydrogens is 481 g/mol. The van der Waals surface area contributed by atoms with Crippen LogP contribution in [0.3, 0.4) is 0 Å². The summed E-state index contributed by atoms with van der Waals surface area (Å²) in [5, 5.41) is 10.5. The molecule has 3 rings (SSSR count). The molecule has 1 atom stereocenters. The molecule has 0 saturated carbocycles. The number of aliphatic carboxylic acids is 1. The molecule has 0 fully saturated rings. The van der Waals surface area contributed by atoms with Gasteiger partial charge in [0.1, 0.15) is 0 Å². The number of hydrogen-bond donors (Lipinski definition) is 1. The molecule has 0 radical (unpaired) electrons. The summed E-state index contributed by atoms with van der Waals surface area (Å²) in [7, 11) is 0. The number of carbonyl (C=O) groups is 1. The maximum Gasteiger partial charge on any atom is 0.310 e. The molecule has 5 heteroatoms. The van der Waals surface area contributed by atoms with Crippen molar-refractivity contribution >= 4 is 55.4 Å². The highest BCUT2D eigenvalue weighted by Gasteiger charge is 2.23. The van der Waals surface area contributed by atoms with Gasteiger partial charge in [0.05, 0.1) is 5.92 Å². The Morgan fingerprint density at radius 3 is 2.54 bits per heavy atom. The predicted molar refractivity (Wildman–Crippen MR) is 109 cm³/mol. The van der Waals surface area contributed by atoms with Crippen LogP contribution in [0.1, 0.15) is 29.7 Å². The average molecular weight is 498 g/mol. The van der Waals surface area contributed by atoms with Gasteiger partial charge in [-0.1, -0.05) is 28.1 Å². The third kappa shape index (κ3) is 3.24. The van der Waals surface area contributed by atoms with Crippen molar-refractivity contribution in [2.45, 2.75) is 26.3 Å². The van der Waals surface area contributed by atoms with E-state index in [1.807, 2.05) is 19.1 Å². The van der Waals surface area contributed by atoms with Crippen LogP contribution in [-0.4, -0.2) is 15.6 Å². The number of fused-ring (bicyclic) bond motifs is 1. The van der Waals surface area contributed by atoms with Crippen molar-refractivity contribution in [1.29, 1.82) is 0 Å². The van der Waals surface area contributed by atoms with Gasteiger partial charge < -0.3 is 9.67 Å². The van der Waals surface area contributed by atoms with Gasteiger partial charge in [-0.2, -0.15) is 0 Å². The SMILES string of the molecule is Cc1c(C(C)C(=O)O)c2cc(Br)ccc2n1Cc1ccc(I)cc1. The van der Waals surface area contributed by atoms with Gasteiger partial charge in [0.15, 0.2) is 0 Å². The summed E-state index contributed by atoms with van der Waals surface area (Å²) in [5.74, 6) is -1.34. The summed E-state index contributed by atoms with van der Waals surface area (Å²) in [6, 6.07) is 14.5. The minimum atomic E-state index is -0.800. The number of aromatic nitrogens is 1. The second-order valence-corrected chi connectivity index (χ2v) is 8.09. The summed E-state index contributed by atoms with van der Waals surface area (Å²) >= 11 is 5.80. The number of hydrogen-bond acceptors (Lipinski definition) is 1. The first kappa shape index (κ1) is 17.5. The zero-order valence-corrected chi connectivity index (χ0v) is 17.1. The van der Waals surface area contributed by atoms with Gasteiger partial charge >= 0.3 is 5.97 Å². The van der Waals surface area contributed by atoms with Crippen molar-refractivity contribution in [2.75, 3.05) is 0 Å². The van der Waals surface area contributed by atoms with Crippen molar-refractivity contribution in [2.24, 2.45) is 0 Å². The van der Waals surface area contributed by atoms with E-state index in [9.17, 15) is 9.90 Å². The minimum Gasteiger partial charge on any atom is -0.481 e. The molecule has 0 spiro atoms. The quantitative estimate of drug-likeness (QED) is 0.480. The van der Waals surface area contributed by atoms with Gasteiger partial charge in [-0.15, -0.1) is 0 Å². The van der Waals surface area contributed by atoms with Crippen LogP contribution in [0.5, 0.6) is 0 Å². The normalized spacial score (nSPS) is 12.5. The summed E-state index contributed by atoms with van der Waals surface area (Å²) in [4.78, 5) is 11.6. The summed E-state index contributed by atoms with van der Waals surface area (Å²) in [6.45, 7) is 4.49. The maximum absolute atomic E-state index is 11.6. The van der Waals surface area contributed by atoms with Crippen LogP contribution in [0.15, 0.2) is 46.9 Å². The Morgan fingerprint density at radius 1 is 1.25 bits per heavy atom. The smallest absolute Gasteiger partial charge is 0.310 e. The van der Waals surface area contributed by atoms with Crippen molar-refractivity contribution in [3.05, 3.63) is 67.3 Å². The molecule has 3 nitrogen and oxygen atoms in total. The van der Waals surface area contributed by atoms with E-state index in [2.05, 4.69) is 73.4 Å². The van der Waals surface area contributed by atoms with Crippen LogP contribution >= 0.6 is 38.5 Å². The Bertz CT molecular complexity index is 915. The Balaban J connectivity index is 2.18. The zero-order valence-electron chi connectivity index (χ0n) is 13.4. The lowest BCUT2D eigenvalue weighted by molar-refractivity contribution is -0.138. The van der Waals surface area contributed by atoms with Crippen LogP contribution in [0, 0.1) is 10.5 Å². The van der Waals surface area contributed by atoms with Gasteiger partial charge in [-0.25, -0.2) is 0 Å². The van der Waals surface area contributed by atoms with E-state index in [1.54, 1.807) is 6.92 Å². The fraction of sp³-hybridized carbons (Fsp3) is 0.211. The highest BCUT2D eigenvalue weighted by atomic mass is 127. The van der Waals surface area contributed by atoms with Crippen molar-refractivity contribution < 1.29 is 9.90 Å². The fourth-order valence-corrected chi connectivity index (χ4v) is 3.85. The Labute approximate surface area is 162 Å². The second-order valence-electron chi connectivity index (χ2n) is 5.93. The van der Waals surface area contributed by atoms with Gasteiger partial charge in [-0.3, -0.25) is 4.79 Å². The molecule has 2 aromatic carbocycles. The van der Waals surface area contributed by atoms with E-state index in [-0.39, 0.29) is 0 Å². The minimum absolute atomic E-state index is 0.542. The Hall–Kier alpha value is -1.34. The lowest BCUT2D eigenvalue weighted by Gasteiger charge is -2.11. The molecule has 0 amide bonds. The molecule has 3 aromatic rings. The van der Waals surface area contributed by atoms with E-state index >= 15 is 0 Å². The van der Waals surface area contributed by atoms with Crippen molar-refractivity contribution in [3.8, 4) is 0 Å². The molecular formula is C19H17BrINO2. The third-order valence-corrected chi connectivity index (χ3v) is 5.60. The molecule has 124 valence electrons. The van der Waals surface area contributed by atoms with E-state index in [0.717, 1.165) is 33.2 Å². The standard InChI is InChI=1S/C19H17BrINO2/c1-11(19(23)24)18-12(2)22(10-13-3-6-15(21)7-4-13)17-8-5-14(20)9-16(17)18/h3-9,11H,10H2,1-2H3,(H,23,24). The Morgan fingerprint density at radius 2 is 1.92 bits per heavy atom. The summed E-state index contributed by atoms with van der Waals surface area (Å²) in [5.41, 5.74) is 4.17. The first-order valence-electron chi connectivity index (χ1n) is 7.64. The van der Waals surface area contributed by atoms with Crippen LogP contribution in [0.2, 0.25) is 0 Å². The molecule has 1 N–H and O–H groups in total. The first-order valence-corrected chi connectivity index (χ1v) is 9.51. The molecule has 1 aromatic heterocycles. The maximum atomic E-state index is 11.6. The van der Waals surface area contributed by atoms with Gasteiger partial charge in [0.25, 0.3) is 0 Å². The summed E-state index contributed by atoms with van der Waals surface area (Å²) < 4.78 is 4.37. The van der Waals surface area contributed by atoms with Crippen LogP contribution in [0.25, 0.3) is 10.9 Å². The van der Waals surface area contributed by atoms with Crippen molar-refractivity contribution in [1.82, 2.24) is 4.57 Å². The van der Waals surface area contributed by atoms with Gasteiger partial charge in [-0.05, 0) is 77.9 Å². The number of carboxylic acid groups (broad SMARTS) is 1. The van der Waals surface area contributed by atoms with Crippen LogP contribution in [0.4, 0.5) is 0 Å². The number of nitrogens with zero attached hydrogens (tertiary/aromatic N) is 1. The van der Waals surface area contributed by atoms with Gasteiger partial charge in [0.2, 0.25) is 0 Å². The molecule has 24 heavy (non-hydrogen) atoms. The second kappa shape index (κ2) is 6.88. The number of carboxylic acids is 1. The van der Waals surface area contributed by atoms with E-state index in [0.29, 0.717) is 0 Å². The average Bonchev–Trinajstić information content (AvgIpc) is 2.80. The predicted octanol–water partition coefficient (Wildman–Crippen LogP) is 5.55. The molecule has 0 saturated heterocycles.